The van der Waals surface area contributed by atoms with Gasteiger partial charge in [0.05, 0.1) is 25.3 Å². The van der Waals surface area contributed by atoms with E-state index in [1.165, 1.54) is 0 Å². The molecule has 4 aromatic rings. The molecule has 0 aromatic carbocycles. The molecule has 1 aliphatic heterocycles. The Morgan fingerprint density at radius 1 is 1.18 bits per heavy atom. The molecule has 11 heteroatoms. The van der Waals surface area contributed by atoms with Gasteiger partial charge in [0.25, 0.3) is 0 Å². The third kappa shape index (κ3) is 3.44. The molecular weight excluding hydrogens is 424 g/mol. The van der Waals surface area contributed by atoms with E-state index in [4.69, 9.17) is 19.2 Å². The van der Waals surface area contributed by atoms with Crippen molar-refractivity contribution in [2.75, 3.05) is 19.0 Å². The molecule has 1 atom stereocenters. The second-order valence-electron chi connectivity index (χ2n) is 8.41. The molecule has 1 spiro atoms. The monoisotopic (exact) mass is 448 g/mol. The quantitative estimate of drug-likeness (QED) is 0.475. The van der Waals surface area contributed by atoms with Crippen LogP contribution in [0.15, 0.2) is 30.6 Å². The first-order chi connectivity index (χ1) is 16.0. The van der Waals surface area contributed by atoms with Gasteiger partial charge in [-0.3, -0.25) is 9.36 Å². The van der Waals surface area contributed by atoms with Crippen LogP contribution in [0.2, 0.25) is 0 Å². The molecule has 2 aliphatic rings. The van der Waals surface area contributed by atoms with Gasteiger partial charge >= 0.3 is 0 Å². The molecule has 1 saturated heterocycles. The molecule has 0 radical (unpaired) electrons. The Kier molecular flexibility index (Phi) is 4.47. The molecule has 1 N–H and O–H groups in total. The van der Waals surface area contributed by atoms with Crippen molar-refractivity contribution >= 4 is 22.7 Å². The molecule has 0 bridgehead atoms. The smallest absolute Gasteiger partial charge is 0.216 e. The minimum Gasteiger partial charge on any atom is -0.486 e. The van der Waals surface area contributed by atoms with Crippen molar-refractivity contribution in [1.29, 1.82) is 0 Å². The van der Waals surface area contributed by atoms with Crippen molar-refractivity contribution in [1.82, 2.24) is 34.5 Å². The number of ether oxygens (including phenoxy) is 3. The van der Waals surface area contributed by atoms with Gasteiger partial charge in [0.2, 0.25) is 5.88 Å². The average Bonchev–Trinajstić information content (AvgIpc) is 3.16. The lowest BCUT2D eigenvalue weighted by atomic mass is 10.1. The summed E-state index contributed by atoms with van der Waals surface area (Å²) in [5, 5.41) is 13.1. The molecule has 11 nitrogen and oxygen atoms in total. The van der Waals surface area contributed by atoms with Crippen molar-refractivity contribution in [3.05, 3.63) is 30.6 Å². The summed E-state index contributed by atoms with van der Waals surface area (Å²) in [4.78, 5) is 13.4. The second-order valence-corrected chi connectivity index (χ2v) is 8.41. The van der Waals surface area contributed by atoms with Gasteiger partial charge in [0.15, 0.2) is 11.5 Å². The van der Waals surface area contributed by atoms with Crippen LogP contribution in [-0.2, 0) is 18.8 Å². The topological polar surface area (TPSA) is 114 Å². The van der Waals surface area contributed by atoms with Gasteiger partial charge < -0.3 is 19.5 Å². The fraction of sp³-hybridized carbons (Fsp3) is 0.409. The van der Waals surface area contributed by atoms with Crippen molar-refractivity contribution in [3.8, 4) is 23.1 Å². The van der Waals surface area contributed by atoms with Crippen LogP contribution in [0.4, 0.5) is 11.6 Å². The van der Waals surface area contributed by atoms with Crippen LogP contribution >= 0.6 is 0 Å². The largest absolute Gasteiger partial charge is 0.486 e. The fourth-order valence-corrected chi connectivity index (χ4v) is 4.29. The van der Waals surface area contributed by atoms with Gasteiger partial charge in [-0.25, -0.2) is 9.97 Å². The summed E-state index contributed by atoms with van der Waals surface area (Å²) < 4.78 is 21.1. The summed E-state index contributed by atoms with van der Waals surface area (Å²) in [7, 11) is 5.28. The SMILES string of the molecule is COc1ccnc(-c2cc(Nc3cc(O[C@@H]4CCOC45CC5)c4cnn(C)c4n3)n(C)n2)n1. The number of methoxy groups -OCH3 is 1. The number of aromatic nitrogens is 7. The highest BCUT2D eigenvalue weighted by Gasteiger charge is 2.55. The number of pyridine rings is 1. The van der Waals surface area contributed by atoms with Gasteiger partial charge in [-0.15, -0.1) is 0 Å². The van der Waals surface area contributed by atoms with Crippen LogP contribution in [0.3, 0.4) is 0 Å². The zero-order chi connectivity index (χ0) is 22.6. The summed E-state index contributed by atoms with van der Waals surface area (Å²) in [5.74, 6) is 3.07. The number of rotatable bonds is 6. The van der Waals surface area contributed by atoms with Crippen LogP contribution in [0, 0.1) is 0 Å². The highest BCUT2D eigenvalue weighted by Crippen LogP contribution is 2.49. The molecule has 170 valence electrons. The Bertz CT molecular complexity index is 1340. The molecule has 33 heavy (non-hydrogen) atoms. The van der Waals surface area contributed by atoms with E-state index in [0.29, 0.717) is 23.2 Å². The van der Waals surface area contributed by atoms with Crippen LogP contribution < -0.4 is 14.8 Å². The van der Waals surface area contributed by atoms with E-state index in [1.807, 2.05) is 26.2 Å². The third-order valence-corrected chi connectivity index (χ3v) is 6.24. The summed E-state index contributed by atoms with van der Waals surface area (Å²) in [6.07, 6.45) is 6.47. The fourth-order valence-electron chi connectivity index (χ4n) is 4.29. The maximum atomic E-state index is 6.47. The van der Waals surface area contributed by atoms with Gasteiger partial charge in [-0.1, -0.05) is 0 Å². The highest BCUT2D eigenvalue weighted by molar-refractivity contribution is 5.84. The Hall–Kier alpha value is -3.73. The number of aryl methyl sites for hydroxylation is 2. The molecule has 0 amide bonds. The van der Waals surface area contributed by atoms with E-state index in [0.717, 1.165) is 48.5 Å². The zero-order valence-electron chi connectivity index (χ0n) is 18.6. The Labute approximate surface area is 189 Å². The molecule has 0 unspecified atom stereocenters. The molecule has 5 heterocycles. The first-order valence-electron chi connectivity index (χ1n) is 10.9. The Balaban J connectivity index is 1.33. The number of nitrogens with zero attached hydrogens (tertiary/aromatic N) is 7. The van der Waals surface area contributed by atoms with Crippen LogP contribution in [-0.4, -0.2) is 59.9 Å². The van der Waals surface area contributed by atoms with Crippen molar-refractivity contribution in [2.24, 2.45) is 14.1 Å². The van der Waals surface area contributed by atoms with Crippen LogP contribution in [0.25, 0.3) is 22.6 Å². The predicted octanol–water partition coefficient (Wildman–Crippen LogP) is 2.61. The molecule has 1 saturated carbocycles. The van der Waals surface area contributed by atoms with Gasteiger partial charge in [0.1, 0.15) is 34.8 Å². The van der Waals surface area contributed by atoms with Gasteiger partial charge in [-0.2, -0.15) is 15.2 Å². The first-order valence-corrected chi connectivity index (χ1v) is 10.9. The molecule has 6 rings (SSSR count). The maximum Gasteiger partial charge on any atom is 0.216 e. The van der Waals surface area contributed by atoms with E-state index in [-0.39, 0.29) is 11.7 Å². The highest BCUT2D eigenvalue weighted by atomic mass is 16.6. The zero-order valence-corrected chi connectivity index (χ0v) is 18.6. The minimum absolute atomic E-state index is 0.0460. The normalized spacial score (nSPS) is 18.7. The second kappa shape index (κ2) is 7.41. The first kappa shape index (κ1) is 19.9. The molecular formula is C22H24N8O3. The van der Waals surface area contributed by atoms with E-state index in [1.54, 1.807) is 34.9 Å². The summed E-state index contributed by atoms with van der Waals surface area (Å²) in [5.41, 5.74) is 1.24. The summed E-state index contributed by atoms with van der Waals surface area (Å²) in [6.45, 7) is 0.737. The molecule has 4 aromatic heterocycles. The lowest BCUT2D eigenvalue weighted by Gasteiger charge is -2.20. The average molecular weight is 448 g/mol. The standard InChI is InChI=1S/C22H24N8O3/c1-29-18(10-14(28-29)20-23-8-4-19(27-20)31-3)25-17-11-15(13-12-24-30(2)21(13)26-17)33-16-5-9-32-22(16)6-7-22/h4,8,10-12,16H,5-7,9H2,1-3H3,(H,25,26)/t16-/m1/s1. The lowest BCUT2D eigenvalue weighted by molar-refractivity contribution is 0.0332. The van der Waals surface area contributed by atoms with E-state index < -0.39 is 0 Å². The van der Waals surface area contributed by atoms with E-state index in [9.17, 15) is 0 Å². The van der Waals surface area contributed by atoms with Crippen molar-refractivity contribution < 1.29 is 14.2 Å². The predicted molar refractivity (Wildman–Crippen MR) is 120 cm³/mol. The lowest BCUT2D eigenvalue weighted by Crippen LogP contribution is -2.29. The van der Waals surface area contributed by atoms with E-state index >= 15 is 0 Å². The van der Waals surface area contributed by atoms with Gasteiger partial charge in [-0.05, 0) is 12.8 Å². The van der Waals surface area contributed by atoms with Gasteiger partial charge in [0, 0.05) is 44.9 Å². The third-order valence-electron chi connectivity index (χ3n) is 6.24. The van der Waals surface area contributed by atoms with Crippen molar-refractivity contribution in [2.45, 2.75) is 31.0 Å². The Morgan fingerprint density at radius 3 is 2.88 bits per heavy atom. The summed E-state index contributed by atoms with van der Waals surface area (Å²) >= 11 is 0. The minimum atomic E-state index is -0.112. The Morgan fingerprint density at radius 2 is 2.06 bits per heavy atom. The number of nitrogens with one attached hydrogen (secondary N) is 1. The summed E-state index contributed by atoms with van der Waals surface area (Å²) in [6, 6.07) is 5.48. The molecule has 1 aliphatic carbocycles. The molecule has 2 fully saturated rings. The van der Waals surface area contributed by atoms with E-state index in [2.05, 4.69) is 25.5 Å². The van der Waals surface area contributed by atoms with Crippen molar-refractivity contribution in [3.63, 3.8) is 0 Å². The maximum absolute atomic E-state index is 6.47. The number of hydrogen-bond donors (Lipinski definition) is 1. The number of fused-ring (bicyclic) bond motifs is 1. The number of anilines is 2. The van der Waals surface area contributed by atoms with Crippen LogP contribution in [0.5, 0.6) is 11.6 Å². The number of hydrogen-bond acceptors (Lipinski definition) is 9. The van der Waals surface area contributed by atoms with Crippen LogP contribution in [0.1, 0.15) is 19.3 Å².